The Morgan fingerprint density at radius 2 is 1.58 bits per heavy atom. The van der Waals surface area contributed by atoms with Crippen molar-refractivity contribution in [2.24, 2.45) is 0 Å². The number of fused-ring (bicyclic) bond motifs is 2. The first-order chi connectivity index (χ1) is 15.0. The predicted molar refractivity (Wildman–Crippen MR) is 119 cm³/mol. The van der Waals surface area contributed by atoms with Gasteiger partial charge in [-0.15, -0.1) is 0 Å². The van der Waals surface area contributed by atoms with Crippen LogP contribution in [0.2, 0.25) is 0 Å². The second-order valence-corrected chi connectivity index (χ2v) is 7.90. The molecule has 0 radical (unpaired) electrons. The van der Waals surface area contributed by atoms with E-state index in [1.54, 1.807) is 0 Å². The Kier molecular flexibility index (Phi) is 4.63. The van der Waals surface area contributed by atoms with Crippen LogP contribution in [0.25, 0.3) is 33.0 Å². The molecule has 0 atom stereocenters. The van der Waals surface area contributed by atoms with E-state index in [0.717, 1.165) is 34.8 Å². The molecule has 0 bridgehead atoms. The van der Waals surface area contributed by atoms with Crippen molar-refractivity contribution in [1.29, 1.82) is 0 Å². The summed E-state index contributed by atoms with van der Waals surface area (Å²) in [6.07, 6.45) is 0.916. The van der Waals surface area contributed by atoms with Gasteiger partial charge in [0.1, 0.15) is 11.4 Å². The van der Waals surface area contributed by atoms with Crippen molar-refractivity contribution in [3.8, 4) is 0 Å². The molecule has 8 heteroatoms. The van der Waals surface area contributed by atoms with Crippen molar-refractivity contribution < 1.29 is 9.59 Å². The number of para-hydroxylation sites is 2. The molecule has 4 aromatic rings. The fourth-order valence-corrected chi connectivity index (χ4v) is 4.08. The molecule has 1 aliphatic heterocycles. The molecule has 0 spiro atoms. The average molecular weight is 414 g/mol. The van der Waals surface area contributed by atoms with Gasteiger partial charge in [0.2, 0.25) is 0 Å². The van der Waals surface area contributed by atoms with E-state index in [1.807, 2.05) is 67.3 Å². The second kappa shape index (κ2) is 7.48. The molecular formula is C23H22N6O2. The molecule has 31 heavy (non-hydrogen) atoms. The smallest absolute Gasteiger partial charge is 0.261 e. The van der Waals surface area contributed by atoms with E-state index in [9.17, 15) is 9.59 Å². The number of amides is 2. The first-order valence-electron chi connectivity index (χ1n) is 10.2. The lowest BCUT2D eigenvalue weighted by atomic mass is 9.99. The lowest BCUT2D eigenvalue weighted by molar-refractivity contribution is -0.122. The number of imide groups is 1. The number of nitrogens with zero attached hydrogens (tertiary/aromatic N) is 4. The van der Waals surface area contributed by atoms with E-state index in [4.69, 9.17) is 5.10 Å². The number of rotatable bonds is 6. The Bertz CT molecular complexity index is 1360. The van der Waals surface area contributed by atoms with Gasteiger partial charge >= 0.3 is 0 Å². The first-order valence-corrected chi connectivity index (χ1v) is 10.2. The molecule has 1 aliphatic rings. The number of hydrogen-bond donors (Lipinski definition) is 2. The van der Waals surface area contributed by atoms with E-state index >= 15 is 0 Å². The van der Waals surface area contributed by atoms with Crippen LogP contribution in [0, 0.1) is 0 Å². The summed E-state index contributed by atoms with van der Waals surface area (Å²) in [5, 5.41) is 16.2. The summed E-state index contributed by atoms with van der Waals surface area (Å²) in [6, 6.07) is 15.3. The Balaban J connectivity index is 1.70. The van der Waals surface area contributed by atoms with Gasteiger partial charge in [0, 0.05) is 17.3 Å². The quantitative estimate of drug-likeness (QED) is 0.473. The van der Waals surface area contributed by atoms with Crippen molar-refractivity contribution in [2.45, 2.75) is 13.0 Å². The number of benzene rings is 2. The van der Waals surface area contributed by atoms with Crippen molar-refractivity contribution >= 4 is 44.8 Å². The monoisotopic (exact) mass is 414 g/mol. The lowest BCUT2D eigenvalue weighted by Gasteiger charge is -2.09. The zero-order valence-electron chi connectivity index (χ0n) is 17.3. The third-order valence-corrected chi connectivity index (χ3v) is 5.51. The Morgan fingerprint density at radius 3 is 2.35 bits per heavy atom. The summed E-state index contributed by atoms with van der Waals surface area (Å²) in [5.74, 6) is -0.903. The predicted octanol–water partition coefficient (Wildman–Crippen LogP) is 2.43. The maximum atomic E-state index is 12.9. The van der Waals surface area contributed by atoms with Gasteiger partial charge in [0.05, 0.1) is 22.2 Å². The largest absolute Gasteiger partial charge is 0.309 e. The van der Waals surface area contributed by atoms with Crippen molar-refractivity contribution in [2.75, 3.05) is 20.6 Å². The van der Waals surface area contributed by atoms with Crippen LogP contribution in [-0.2, 0) is 16.1 Å². The molecule has 0 fully saturated rings. The lowest BCUT2D eigenvalue weighted by Crippen LogP contribution is -2.23. The van der Waals surface area contributed by atoms with Crippen molar-refractivity contribution in [3.63, 3.8) is 0 Å². The molecule has 2 aromatic carbocycles. The molecule has 3 heterocycles. The Hall–Kier alpha value is -3.78. The van der Waals surface area contributed by atoms with Gasteiger partial charge in [-0.3, -0.25) is 24.7 Å². The molecule has 2 amide bonds. The molecule has 5 rings (SSSR count). The number of aryl methyl sites for hydroxylation is 1. The Morgan fingerprint density at radius 1 is 0.903 bits per heavy atom. The Labute approximate surface area is 178 Å². The minimum atomic E-state index is -0.455. The number of H-pyrrole nitrogens is 1. The minimum Gasteiger partial charge on any atom is -0.309 e. The molecule has 0 saturated carbocycles. The highest BCUT2D eigenvalue weighted by molar-refractivity contribution is 6.50. The number of hydrogen-bond acceptors (Lipinski definition) is 5. The summed E-state index contributed by atoms with van der Waals surface area (Å²) in [5.41, 5.74) is 3.22. The SMILES string of the molecule is CN(C)CCCn1nc(C2=C(c3n[nH]c4ccccc34)C(=O)NC2=O)c2ccccc21. The van der Waals surface area contributed by atoms with Crippen LogP contribution in [0.4, 0.5) is 0 Å². The summed E-state index contributed by atoms with van der Waals surface area (Å²) in [7, 11) is 4.07. The van der Waals surface area contributed by atoms with Gasteiger partial charge in [-0.05, 0) is 39.2 Å². The molecular weight excluding hydrogens is 392 g/mol. The summed E-state index contributed by atoms with van der Waals surface area (Å²) in [4.78, 5) is 27.8. The minimum absolute atomic E-state index is 0.256. The molecule has 8 nitrogen and oxygen atoms in total. The molecule has 0 saturated heterocycles. The normalized spacial score (nSPS) is 14.4. The van der Waals surface area contributed by atoms with Gasteiger partial charge < -0.3 is 4.90 Å². The van der Waals surface area contributed by atoms with Crippen LogP contribution in [0.3, 0.4) is 0 Å². The highest BCUT2D eigenvalue weighted by Crippen LogP contribution is 2.36. The topological polar surface area (TPSA) is 95.9 Å². The van der Waals surface area contributed by atoms with Gasteiger partial charge in [0.25, 0.3) is 11.8 Å². The molecule has 0 unspecified atom stereocenters. The van der Waals surface area contributed by atoms with E-state index in [-0.39, 0.29) is 11.1 Å². The van der Waals surface area contributed by atoms with E-state index in [2.05, 4.69) is 20.4 Å². The molecule has 2 N–H and O–H groups in total. The van der Waals surface area contributed by atoms with Crippen LogP contribution >= 0.6 is 0 Å². The van der Waals surface area contributed by atoms with Crippen LogP contribution < -0.4 is 5.32 Å². The fourth-order valence-electron chi connectivity index (χ4n) is 4.08. The zero-order valence-corrected chi connectivity index (χ0v) is 17.3. The molecule has 156 valence electrons. The third kappa shape index (κ3) is 3.21. The number of carbonyl (C=O) groups excluding carboxylic acids is 2. The second-order valence-electron chi connectivity index (χ2n) is 7.90. The van der Waals surface area contributed by atoms with Crippen LogP contribution in [0.1, 0.15) is 17.8 Å². The highest BCUT2D eigenvalue weighted by atomic mass is 16.2. The maximum Gasteiger partial charge on any atom is 0.261 e. The number of carbonyl (C=O) groups is 2. The first kappa shape index (κ1) is 19.2. The summed E-state index contributed by atoms with van der Waals surface area (Å²) >= 11 is 0. The van der Waals surface area contributed by atoms with Gasteiger partial charge in [-0.1, -0.05) is 36.4 Å². The van der Waals surface area contributed by atoms with Crippen molar-refractivity contribution in [1.82, 2.24) is 30.2 Å². The summed E-state index contributed by atoms with van der Waals surface area (Å²) in [6.45, 7) is 1.64. The van der Waals surface area contributed by atoms with E-state index in [1.165, 1.54) is 0 Å². The van der Waals surface area contributed by atoms with Gasteiger partial charge in [-0.25, -0.2) is 0 Å². The molecule has 0 aliphatic carbocycles. The highest BCUT2D eigenvalue weighted by Gasteiger charge is 2.36. The number of nitrogens with one attached hydrogen (secondary N) is 2. The number of aromatic nitrogens is 4. The average Bonchev–Trinajstić information content (AvgIpc) is 3.41. The van der Waals surface area contributed by atoms with Crippen LogP contribution in [0.15, 0.2) is 48.5 Å². The fraction of sp³-hybridized carbons (Fsp3) is 0.217. The number of aromatic amines is 1. The van der Waals surface area contributed by atoms with Crippen molar-refractivity contribution in [3.05, 3.63) is 59.9 Å². The molecule has 2 aromatic heterocycles. The van der Waals surface area contributed by atoms with Gasteiger partial charge in [0.15, 0.2) is 0 Å². The maximum absolute atomic E-state index is 12.9. The van der Waals surface area contributed by atoms with Gasteiger partial charge in [-0.2, -0.15) is 10.2 Å². The van der Waals surface area contributed by atoms with E-state index in [0.29, 0.717) is 17.9 Å². The standard InChI is InChI=1S/C23H22N6O2/c1-28(2)12-7-13-29-17-11-6-4-9-15(17)21(27-29)19-18(22(30)24-23(19)31)20-14-8-3-5-10-16(14)25-26-20/h3-6,8-11H,7,12-13H2,1-2H3,(H,25,26)(H,24,30,31). The van der Waals surface area contributed by atoms with Crippen LogP contribution in [-0.4, -0.2) is 57.3 Å². The zero-order chi connectivity index (χ0) is 21.5. The van der Waals surface area contributed by atoms with Crippen LogP contribution in [0.5, 0.6) is 0 Å². The summed E-state index contributed by atoms with van der Waals surface area (Å²) < 4.78 is 1.91. The third-order valence-electron chi connectivity index (χ3n) is 5.51. The van der Waals surface area contributed by atoms with E-state index < -0.39 is 11.8 Å².